The molecule has 2 heterocycles. The maximum atomic E-state index is 13.9. The van der Waals surface area contributed by atoms with E-state index >= 15 is 0 Å². The number of amides is 1. The molecule has 0 spiro atoms. The maximum Gasteiger partial charge on any atom is 0.275 e. The predicted molar refractivity (Wildman–Crippen MR) is 128 cm³/mol. The number of rotatable bonds is 7. The lowest BCUT2D eigenvalue weighted by Gasteiger charge is -2.09. The second-order valence-electron chi connectivity index (χ2n) is 7.56. The van der Waals surface area contributed by atoms with Gasteiger partial charge in [0.05, 0.1) is 11.8 Å². The molecule has 0 fully saturated rings. The first-order valence-electron chi connectivity index (χ1n) is 10.6. The molecule has 0 radical (unpaired) electrons. The van der Waals surface area contributed by atoms with E-state index in [9.17, 15) is 9.18 Å². The minimum absolute atomic E-state index is 0.00125. The predicted octanol–water partition coefficient (Wildman–Crippen LogP) is 4.16. The Hall–Kier alpha value is -4.64. The van der Waals surface area contributed by atoms with Gasteiger partial charge < -0.3 is 5.32 Å². The van der Waals surface area contributed by atoms with E-state index in [1.807, 2.05) is 37.5 Å². The molecule has 4 rings (SSSR count). The standard InChI is InChI=1S/C26H21FN6O/c1-33-17-22(16-31-33)21-9-10-24(30-15-21)32-26(34)25(19-5-3-2-4-6-19)29-12-11-18-7-8-20(14-28)23(27)13-18/h2-10,13,15-17H,11-12H2,1H3,(H,30,32,34). The molecule has 0 unspecified atom stereocenters. The first-order chi connectivity index (χ1) is 16.5. The van der Waals surface area contributed by atoms with Crippen LogP contribution in [-0.2, 0) is 18.3 Å². The van der Waals surface area contributed by atoms with Crippen LogP contribution in [0.15, 0.2) is 84.2 Å². The van der Waals surface area contributed by atoms with Gasteiger partial charge in [0.2, 0.25) is 0 Å². The van der Waals surface area contributed by atoms with E-state index in [0.717, 1.165) is 11.1 Å². The quantitative estimate of drug-likeness (QED) is 0.426. The van der Waals surface area contributed by atoms with Crippen molar-refractivity contribution < 1.29 is 9.18 Å². The molecule has 0 atom stereocenters. The number of anilines is 1. The van der Waals surface area contributed by atoms with E-state index in [4.69, 9.17) is 5.26 Å². The normalized spacial score (nSPS) is 11.1. The van der Waals surface area contributed by atoms with Gasteiger partial charge in [-0.25, -0.2) is 9.37 Å². The molecule has 7 nitrogen and oxygen atoms in total. The average molecular weight is 452 g/mol. The fourth-order valence-electron chi connectivity index (χ4n) is 3.38. The fraction of sp³-hybridized carbons (Fsp3) is 0.115. The summed E-state index contributed by atoms with van der Waals surface area (Å²) in [5.74, 6) is -0.555. The van der Waals surface area contributed by atoms with Crippen LogP contribution in [0.3, 0.4) is 0 Å². The van der Waals surface area contributed by atoms with Crippen molar-refractivity contribution in [1.82, 2.24) is 14.8 Å². The van der Waals surface area contributed by atoms with E-state index < -0.39 is 5.82 Å². The van der Waals surface area contributed by atoms with Crippen molar-refractivity contribution in [3.8, 4) is 17.2 Å². The molecule has 2 aromatic heterocycles. The molecule has 0 bridgehead atoms. The molecule has 0 saturated heterocycles. The Balaban J connectivity index is 1.50. The van der Waals surface area contributed by atoms with E-state index in [2.05, 4.69) is 20.4 Å². The number of hydrogen-bond acceptors (Lipinski definition) is 5. The number of nitrogens with one attached hydrogen (secondary N) is 1. The summed E-state index contributed by atoms with van der Waals surface area (Å²) in [5, 5.41) is 15.8. The zero-order valence-electron chi connectivity index (χ0n) is 18.4. The molecule has 0 aliphatic heterocycles. The molecular formula is C26H21FN6O. The molecule has 4 aromatic rings. The van der Waals surface area contributed by atoms with Crippen molar-refractivity contribution in [2.24, 2.45) is 12.0 Å². The van der Waals surface area contributed by atoms with Gasteiger partial charge in [-0.3, -0.25) is 14.5 Å². The third kappa shape index (κ3) is 5.40. The highest BCUT2D eigenvalue weighted by atomic mass is 19.1. The van der Waals surface area contributed by atoms with Crippen molar-refractivity contribution in [2.75, 3.05) is 11.9 Å². The van der Waals surface area contributed by atoms with Gasteiger partial charge in [0.15, 0.2) is 0 Å². The number of nitriles is 1. The molecule has 0 aliphatic carbocycles. The summed E-state index contributed by atoms with van der Waals surface area (Å²) >= 11 is 0. The van der Waals surface area contributed by atoms with Crippen molar-refractivity contribution in [2.45, 2.75) is 6.42 Å². The number of nitrogens with zero attached hydrogens (tertiary/aromatic N) is 5. The zero-order chi connectivity index (χ0) is 23.9. The van der Waals surface area contributed by atoms with Crippen LogP contribution in [-0.4, -0.2) is 32.9 Å². The summed E-state index contributed by atoms with van der Waals surface area (Å²) in [7, 11) is 1.84. The van der Waals surface area contributed by atoms with Gasteiger partial charge in [-0.1, -0.05) is 36.4 Å². The molecule has 1 amide bonds. The highest BCUT2D eigenvalue weighted by Crippen LogP contribution is 2.19. The minimum atomic E-state index is -0.564. The number of pyridine rings is 1. The number of halogens is 1. The Morgan fingerprint density at radius 3 is 2.59 bits per heavy atom. The number of carbonyl (C=O) groups excluding carboxylic acids is 1. The average Bonchev–Trinajstić information content (AvgIpc) is 3.29. The summed E-state index contributed by atoms with van der Waals surface area (Å²) < 4.78 is 15.6. The molecule has 168 valence electrons. The van der Waals surface area contributed by atoms with Crippen molar-refractivity contribution in [3.63, 3.8) is 0 Å². The summed E-state index contributed by atoms with van der Waals surface area (Å²) in [6, 6.07) is 19.0. The van der Waals surface area contributed by atoms with Gasteiger partial charge in [-0.2, -0.15) is 10.4 Å². The van der Waals surface area contributed by atoms with Gasteiger partial charge in [0, 0.05) is 42.7 Å². The van der Waals surface area contributed by atoms with E-state index in [1.54, 1.807) is 47.4 Å². The molecule has 0 saturated carbocycles. The van der Waals surface area contributed by atoms with Gasteiger partial charge in [-0.15, -0.1) is 0 Å². The van der Waals surface area contributed by atoms with E-state index in [0.29, 0.717) is 23.4 Å². The number of carbonyl (C=O) groups is 1. The van der Waals surface area contributed by atoms with Crippen LogP contribution in [0.4, 0.5) is 10.2 Å². The Morgan fingerprint density at radius 2 is 1.94 bits per heavy atom. The van der Waals surface area contributed by atoms with Crippen LogP contribution < -0.4 is 5.32 Å². The lowest BCUT2D eigenvalue weighted by Crippen LogP contribution is -2.25. The molecule has 1 N–H and O–H groups in total. The smallest absolute Gasteiger partial charge is 0.275 e. The van der Waals surface area contributed by atoms with Crippen LogP contribution >= 0.6 is 0 Å². The van der Waals surface area contributed by atoms with Gasteiger partial charge in [0.1, 0.15) is 23.4 Å². The second-order valence-corrected chi connectivity index (χ2v) is 7.56. The Bertz CT molecular complexity index is 1370. The Kier molecular flexibility index (Phi) is 6.84. The first kappa shape index (κ1) is 22.6. The highest BCUT2D eigenvalue weighted by Gasteiger charge is 2.15. The molecule has 2 aromatic carbocycles. The second kappa shape index (κ2) is 10.3. The Labute approximate surface area is 196 Å². The molecule has 34 heavy (non-hydrogen) atoms. The van der Waals surface area contributed by atoms with E-state index in [-0.39, 0.29) is 23.7 Å². The zero-order valence-corrected chi connectivity index (χ0v) is 18.4. The van der Waals surface area contributed by atoms with Crippen molar-refractivity contribution >= 4 is 17.4 Å². The SMILES string of the molecule is Cn1cc(-c2ccc(NC(=O)C(=NCCc3ccc(C#N)c(F)c3)c3ccccc3)nc2)cn1. The van der Waals surface area contributed by atoms with E-state index in [1.165, 1.54) is 12.1 Å². The van der Waals surface area contributed by atoms with Gasteiger partial charge in [0.25, 0.3) is 5.91 Å². The summed E-state index contributed by atoms with van der Waals surface area (Å²) in [5.41, 5.74) is 3.43. The fourth-order valence-corrected chi connectivity index (χ4v) is 3.38. The maximum absolute atomic E-state index is 13.9. The lowest BCUT2D eigenvalue weighted by molar-refractivity contribution is -0.110. The van der Waals surface area contributed by atoms with Crippen molar-refractivity contribution in [3.05, 3.63) is 102 Å². The minimum Gasteiger partial charge on any atom is -0.305 e. The van der Waals surface area contributed by atoms with Crippen LogP contribution in [0.1, 0.15) is 16.7 Å². The third-order valence-electron chi connectivity index (χ3n) is 5.13. The largest absolute Gasteiger partial charge is 0.305 e. The summed E-state index contributed by atoms with van der Waals surface area (Å²) in [6.07, 6.45) is 5.72. The molecule has 8 heteroatoms. The summed E-state index contributed by atoms with van der Waals surface area (Å²) in [6.45, 7) is 0.274. The number of aryl methyl sites for hydroxylation is 1. The number of aliphatic imine (C=N–C) groups is 1. The highest BCUT2D eigenvalue weighted by molar-refractivity contribution is 6.48. The monoisotopic (exact) mass is 452 g/mol. The van der Waals surface area contributed by atoms with Gasteiger partial charge >= 0.3 is 0 Å². The van der Waals surface area contributed by atoms with Gasteiger partial charge in [-0.05, 0) is 36.2 Å². The Morgan fingerprint density at radius 1 is 1.12 bits per heavy atom. The topological polar surface area (TPSA) is 96.0 Å². The van der Waals surface area contributed by atoms with Crippen LogP contribution in [0.2, 0.25) is 0 Å². The molecule has 0 aliphatic rings. The van der Waals surface area contributed by atoms with Crippen LogP contribution in [0.25, 0.3) is 11.1 Å². The number of hydrogen-bond donors (Lipinski definition) is 1. The first-order valence-corrected chi connectivity index (χ1v) is 10.6. The third-order valence-corrected chi connectivity index (χ3v) is 5.13. The lowest BCUT2D eigenvalue weighted by atomic mass is 10.1. The number of benzene rings is 2. The summed E-state index contributed by atoms with van der Waals surface area (Å²) in [4.78, 5) is 21.9. The van der Waals surface area contributed by atoms with Crippen molar-refractivity contribution in [1.29, 1.82) is 5.26 Å². The van der Waals surface area contributed by atoms with Crippen LogP contribution in [0, 0.1) is 17.1 Å². The number of aromatic nitrogens is 3. The van der Waals surface area contributed by atoms with Crippen LogP contribution in [0.5, 0.6) is 0 Å². The molecular weight excluding hydrogens is 431 g/mol.